The summed E-state index contributed by atoms with van der Waals surface area (Å²) < 4.78 is 41.0. The summed E-state index contributed by atoms with van der Waals surface area (Å²) in [5.41, 5.74) is 0.471. The number of benzene rings is 1. The van der Waals surface area contributed by atoms with Gasteiger partial charge in [0, 0.05) is 24.2 Å². The summed E-state index contributed by atoms with van der Waals surface area (Å²) in [6.07, 6.45) is -1.47. The van der Waals surface area contributed by atoms with Crippen molar-refractivity contribution in [3.63, 3.8) is 0 Å². The van der Waals surface area contributed by atoms with Gasteiger partial charge in [0.25, 0.3) is 0 Å². The van der Waals surface area contributed by atoms with Crippen LogP contribution in [0.25, 0.3) is 28.1 Å². The van der Waals surface area contributed by atoms with Gasteiger partial charge in [-0.1, -0.05) is 25.5 Å². The highest BCUT2D eigenvalue weighted by molar-refractivity contribution is 5.92. The fraction of sp³-hybridized carbons (Fsp3) is 0.333. The smallest absolute Gasteiger partial charge is 0.350 e. The Morgan fingerprint density at radius 1 is 1.13 bits per heavy atom. The van der Waals surface area contributed by atoms with Gasteiger partial charge in [0.05, 0.1) is 11.1 Å². The number of hydrogen-bond donors (Lipinski definition) is 2. The molecule has 0 saturated heterocycles. The number of likely N-dealkylation sites (N-methyl/N-ethyl adjacent to an activating group) is 1. The number of aromatic nitrogens is 5. The zero-order valence-electron chi connectivity index (χ0n) is 17.1. The molecule has 0 radical (unpaired) electrons. The maximum Gasteiger partial charge on any atom is 0.416 e. The molecular formula is C21H22F3N7. The number of pyridine rings is 1. The molecule has 3 heterocycles. The van der Waals surface area contributed by atoms with E-state index in [9.17, 15) is 13.2 Å². The average Bonchev–Trinajstić information content (AvgIpc) is 3.20. The molecule has 4 aromatic rings. The molecule has 10 heteroatoms. The molecule has 1 aromatic carbocycles. The van der Waals surface area contributed by atoms with Crippen LogP contribution in [0.4, 0.5) is 19.1 Å². The molecule has 2 N–H and O–H groups in total. The molecule has 0 amide bonds. The highest BCUT2D eigenvalue weighted by atomic mass is 19.4. The van der Waals surface area contributed by atoms with Gasteiger partial charge in [0.1, 0.15) is 5.69 Å². The van der Waals surface area contributed by atoms with Gasteiger partial charge in [-0.3, -0.25) is 4.98 Å². The van der Waals surface area contributed by atoms with Crippen molar-refractivity contribution in [1.29, 1.82) is 0 Å². The second-order valence-electron chi connectivity index (χ2n) is 7.24. The molecule has 162 valence electrons. The second kappa shape index (κ2) is 8.46. The number of hydrogen-bond acceptors (Lipinski definition) is 6. The van der Waals surface area contributed by atoms with Gasteiger partial charge in [-0.05, 0) is 37.7 Å². The van der Waals surface area contributed by atoms with Crippen LogP contribution in [0.3, 0.4) is 0 Å². The van der Waals surface area contributed by atoms with Crippen molar-refractivity contribution < 1.29 is 13.2 Å². The second-order valence-corrected chi connectivity index (χ2v) is 7.24. The number of anilines is 1. The van der Waals surface area contributed by atoms with E-state index in [2.05, 4.69) is 32.6 Å². The highest BCUT2D eigenvalue weighted by Crippen LogP contribution is 2.31. The molecule has 0 aliphatic carbocycles. The molecular weight excluding hydrogens is 407 g/mol. The van der Waals surface area contributed by atoms with Crippen molar-refractivity contribution >= 4 is 22.5 Å². The summed E-state index contributed by atoms with van der Waals surface area (Å²) in [6.45, 7) is 2.82. The Kier molecular flexibility index (Phi) is 5.73. The van der Waals surface area contributed by atoms with Crippen LogP contribution in [-0.2, 0) is 6.18 Å². The third-order valence-corrected chi connectivity index (χ3v) is 4.92. The molecule has 0 fully saturated rings. The average molecular weight is 429 g/mol. The lowest BCUT2D eigenvalue weighted by molar-refractivity contribution is -0.137. The van der Waals surface area contributed by atoms with E-state index in [4.69, 9.17) is 4.98 Å². The van der Waals surface area contributed by atoms with Gasteiger partial charge in [0.2, 0.25) is 11.8 Å². The topological polar surface area (TPSA) is 80.0 Å². The van der Waals surface area contributed by atoms with Crippen LogP contribution in [0.5, 0.6) is 0 Å². The van der Waals surface area contributed by atoms with Crippen molar-refractivity contribution in [2.24, 2.45) is 0 Å². The van der Waals surface area contributed by atoms with E-state index in [1.807, 2.05) is 31.3 Å². The number of halogens is 3. The number of rotatable bonds is 7. The van der Waals surface area contributed by atoms with Crippen LogP contribution in [-0.4, -0.2) is 44.2 Å². The minimum atomic E-state index is -4.47. The zero-order chi connectivity index (χ0) is 22.0. The van der Waals surface area contributed by atoms with Crippen molar-refractivity contribution in [3.8, 4) is 11.5 Å². The van der Waals surface area contributed by atoms with Crippen molar-refractivity contribution in [1.82, 2.24) is 29.9 Å². The quantitative estimate of drug-likeness (QED) is 0.459. The summed E-state index contributed by atoms with van der Waals surface area (Å²) >= 11 is 0. The first-order valence-electron chi connectivity index (χ1n) is 10.0. The first kappa shape index (κ1) is 21.0. The molecule has 0 aliphatic heterocycles. The van der Waals surface area contributed by atoms with Crippen LogP contribution in [0.2, 0.25) is 0 Å². The van der Waals surface area contributed by atoms with Crippen molar-refractivity contribution in [2.75, 3.05) is 18.9 Å². The predicted octanol–water partition coefficient (Wildman–Crippen LogP) is 4.16. The Bertz CT molecular complexity index is 1200. The lowest BCUT2D eigenvalue weighted by Crippen LogP contribution is -2.32. The standard InChI is InChI=1S/C21H22F3N7/c1-3-6-14(12-25-2)27-20-28-16-8-5-4-7-15(16)19-29-18(30-31(19)20)17-11-13(9-10-26-17)21(22,23)24/h4-5,7-11,14,25H,3,6,12H2,1-2H3,(H,27,28)/t14-/m1/s1. The fourth-order valence-corrected chi connectivity index (χ4v) is 3.49. The molecule has 4 rings (SSSR count). The van der Waals surface area contributed by atoms with Crippen molar-refractivity contribution in [3.05, 3.63) is 48.2 Å². The normalized spacial score (nSPS) is 13.1. The van der Waals surface area contributed by atoms with Gasteiger partial charge in [-0.2, -0.15) is 17.7 Å². The maximum absolute atomic E-state index is 13.1. The van der Waals surface area contributed by atoms with Crippen LogP contribution >= 0.6 is 0 Å². The Morgan fingerprint density at radius 3 is 2.68 bits per heavy atom. The number of fused-ring (bicyclic) bond motifs is 3. The van der Waals surface area contributed by atoms with Gasteiger partial charge in [-0.25, -0.2) is 9.97 Å². The SMILES string of the molecule is CCC[C@H](CNC)Nc1nc2ccccc2c2nc(-c3cc(C(F)(F)F)ccn3)nn12. The monoisotopic (exact) mass is 429 g/mol. The summed E-state index contributed by atoms with van der Waals surface area (Å²) in [7, 11) is 1.88. The molecule has 1 atom stereocenters. The van der Waals surface area contributed by atoms with Gasteiger partial charge in [-0.15, -0.1) is 5.10 Å². The van der Waals surface area contributed by atoms with E-state index >= 15 is 0 Å². The molecule has 7 nitrogen and oxygen atoms in total. The molecule has 0 spiro atoms. The number of nitrogens with zero attached hydrogens (tertiary/aromatic N) is 5. The molecule has 0 unspecified atom stereocenters. The Hall–Kier alpha value is -3.27. The Labute approximate surface area is 176 Å². The summed E-state index contributed by atoms with van der Waals surface area (Å²) in [6, 6.07) is 9.44. The van der Waals surface area contributed by atoms with E-state index in [0.717, 1.165) is 43.1 Å². The Balaban J connectivity index is 1.86. The summed E-state index contributed by atoms with van der Waals surface area (Å²) in [4.78, 5) is 13.3. The van der Waals surface area contributed by atoms with E-state index < -0.39 is 11.7 Å². The molecule has 0 aliphatic rings. The largest absolute Gasteiger partial charge is 0.416 e. The minimum absolute atomic E-state index is 0.0499. The van der Waals surface area contributed by atoms with Crippen LogP contribution < -0.4 is 10.6 Å². The van der Waals surface area contributed by atoms with E-state index in [0.29, 0.717) is 17.1 Å². The van der Waals surface area contributed by atoms with E-state index in [1.54, 1.807) is 0 Å². The van der Waals surface area contributed by atoms with Crippen LogP contribution in [0, 0.1) is 0 Å². The maximum atomic E-state index is 13.1. The number of para-hydroxylation sites is 1. The summed E-state index contributed by atoms with van der Waals surface area (Å²) in [5, 5.41) is 11.8. The molecule has 0 saturated carbocycles. The van der Waals surface area contributed by atoms with E-state index in [1.165, 1.54) is 4.52 Å². The number of nitrogens with one attached hydrogen (secondary N) is 2. The van der Waals surface area contributed by atoms with Crippen LogP contribution in [0.1, 0.15) is 25.3 Å². The Morgan fingerprint density at radius 2 is 1.94 bits per heavy atom. The van der Waals surface area contributed by atoms with Gasteiger partial charge < -0.3 is 10.6 Å². The summed E-state index contributed by atoms with van der Waals surface area (Å²) in [5.74, 6) is 0.584. The predicted molar refractivity (Wildman–Crippen MR) is 113 cm³/mol. The van der Waals surface area contributed by atoms with Crippen molar-refractivity contribution in [2.45, 2.75) is 32.0 Å². The fourth-order valence-electron chi connectivity index (χ4n) is 3.49. The first-order valence-corrected chi connectivity index (χ1v) is 10.0. The lowest BCUT2D eigenvalue weighted by Gasteiger charge is -2.18. The molecule has 31 heavy (non-hydrogen) atoms. The molecule has 3 aromatic heterocycles. The highest BCUT2D eigenvalue weighted by Gasteiger charge is 2.31. The van der Waals surface area contributed by atoms with Gasteiger partial charge in [0.15, 0.2) is 5.65 Å². The van der Waals surface area contributed by atoms with Gasteiger partial charge >= 0.3 is 6.18 Å². The van der Waals surface area contributed by atoms with Crippen LogP contribution in [0.15, 0.2) is 42.6 Å². The minimum Gasteiger partial charge on any atom is -0.350 e. The third-order valence-electron chi connectivity index (χ3n) is 4.92. The molecule has 0 bridgehead atoms. The first-order chi connectivity index (χ1) is 14.9. The third kappa shape index (κ3) is 4.29. The number of alkyl halides is 3. The van der Waals surface area contributed by atoms with E-state index in [-0.39, 0.29) is 17.6 Å². The zero-order valence-corrected chi connectivity index (χ0v) is 17.1. The lowest BCUT2D eigenvalue weighted by atomic mass is 10.1.